The molecule has 1 aliphatic heterocycles. The summed E-state index contributed by atoms with van der Waals surface area (Å²) in [4.78, 5) is 17.0. The number of carbonyl (C=O) groups excluding carboxylic acids is 1. The van der Waals surface area contributed by atoms with Gasteiger partial charge in [-0.25, -0.2) is 0 Å². The van der Waals surface area contributed by atoms with Gasteiger partial charge in [0.15, 0.2) is 0 Å². The molecule has 1 N–H and O–H groups in total. The molecule has 0 aliphatic carbocycles. The van der Waals surface area contributed by atoms with E-state index in [-0.39, 0.29) is 17.7 Å². The van der Waals surface area contributed by atoms with Crippen LogP contribution in [0.25, 0.3) is 10.9 Å². The third kappa shape index (κ3) is 2.23. The number of hydrogen-bond acceptors (Lipinski definition) is 1. The van der Waals surface area contributed by atoms with E-state index in [2.05, 4.69) is 20.9 Å². The molecule has 0 atom stereocenters. The van der Waals surface area contributed by atoms with Gasteiger partial charge in [0, 0.05) is 27.3 Å². The van der Waals surface area contributed by atoms with Crippen LogP contribution < -0.4 is 4.90 Å². The van der Waals surface area contributed by atoms with Crippen molar-refractivity contribution in [1.82, 2.24) is 4.98 Å². The topological polar surface area (TPSA) is 36.1 Å². The number of carbonyl (C=O) groups is 1. The molecule has 122 valence electrons. The molecule has 4 rings (SSSR count). The van der Waals surface area contributed by atoms with Crippen LogP contribution in [0.2, 0.25) is 0 Å². The van der Waals surface area contributed by atoms with Crippen LogP contribution >= 0.6 is 15.9 Å². The zero-order valence-electron chi connectivity index (χ0n) is 12.1. The van der Waals surface area contributed by atoms with Gasteiger partial charge in [0.05, 0.1) is 17.6 Å². The van der Waals surface area contributed by atoms with E-state index in [0.29, 0.717) is 5.69 Å². The van der Waals surface area contributed by atoms with Gasteiger partial charge in [-0.3, -0.25) is 4.79 Å². The van der Waals surface area contributed by atoms with E-state index < -0.39 is 17.6 Å². The molecule has 24 heavy (non-hydrogen) atoms. The molecule has 0 spiro atoms. The number of fused-ring (bicyclic) bond motifs is 2. The van der Waals surface area contributed by atoms with Gasteiger partial charge in [-0.15, -0.1) is 0 Å². The van der Waals surface area contributed by atoms with Gasteiger partial charge in [-0.2, -0.15) is 13.2 Å². The number of rotatable bonds is 1. The molecule has 0 saturated carbocycles. The summed E-state index contributed by atoms with van der Waals surface area (Å²) in [6, 6.07) is 9.09. The van der Waals surface area contributed by atoms with E-state index in [9.17, 15) is 18.0 Å². The Balaban J connectivity index is 1.82. The summed E-state index contributed by atoms with van der Waals surface area (Å²) in [6.07, 6.45) is -2.71. The van der Waals surface area contributed by atoms with Gasteiger partial charge in [0.1, 0.15) is 0 Å². The first kappa shape index (κ1) is 15.3. The number of benzene rings is 2. The summed E-state index contributed by atoms with van der Waals surface area (Å²) in [7, 11) is 0. The van der Waals surface area contributed by atoms with Crippen molar-refractivity contribution in [3.05, 3.63) is 63.8 Å². The highest BCUT2D eigenvalue weighted by Gasteiger charge is 2.39. The van der Waals surface area contributed by atoms with Crippen molar-refractivity contribution in [2.45, 2.75) is 12.7 Å². The zero-order chi connectivity index (χ0) is 17.1. The predicted molar refractivity (Wildman–Crippen MR) is 88.0 cm³/mol. The lowest BCUT2D eigenvalue weighted by Crippen LogP contribution is -2.23. The number of amides is 1. The minimum absolute atomic E-state index is 0.0280. The molecule has 0 bridgehead atoms. The van der Waals surface area contributed by atoms with Gasteiger partial charge in [0.2, 0.25) is 0 Å². The van der Waals surface area contributed by atoms with Crippen molar-refractivity contribution in [2.24, 2.45) is 0 Å². The average Bonchev–Trinajstić information content (AvgIpc) is 3.11. The van der Waals surface area contributed by atoms with Crippen LogP contribution in [0, 0.1) is 0 Å². The first-order valence-electron chi connectivity index (χ1n) is 7.14. The second kappa shape index (κ2) is 5.11. The second-order valence-electron chi connectivity index (χ2n) is 5.59. The lowest BCUT2D eigenvalue weighted by Gasteiger charge is -2.17. The molecule has 0 saturated heterocycles. The third-order valence-electron chi connectivity index (χ3n) is 4.18. The highest BCUT2D eigenvalue weighted by Crippen LogP contribution is 2.39. The summed E-state index contributed by atoms with van der Waals surface area (Å²) in [5, 5.41) is 0.874. The smallest absolute Gasteiger partial charge is 0.360 e. The molecule has 0 radical (unpaired) electrons. The highest BCUT2D eigenvalue weighted by atomic mass is 79.9. The fourth-order valence-corrected chi connectivity index (χ4v) is 3.65. The molecule has 2 aromatic carbocycles. The number of aromatic amines is 1. The molecular weight excluding hydrogens is 385 g/mol. The highest BCUT2D eigenvalue weighted by molar-refractivity contribution is 9.10. The van der Waals surface area contributed by atoms with Gasteiger partial charge < -0.3 is 9.88 Å². The first-order chi connectivity index (χ1) is 11.4. The number of nitrogens with zero attached hydrogens (tertiary/aromatic N) is 1. The summed E-state index contributed by atoms with van der Waals surface area (Å²) < 4.78 is 40.3. The zero-order valence-corrected chi connectivity index (χ0v) is 13.7. The summed E-state index contributed by atoms with van der Waals surface area (Å²) >= 11 is 3.43. The van der Waals surface area contributed by atoms with Gasteiger partial charge in [0.25, 0.3) is 5.91 Å². The molecule has 1 aliphatic rings. The SMILES string of the molecule is O=C1c2cccc(C(F)(F)F)c2CN1c1cc(Br)c2[nH]ccc2c1. The van der Waals surface area contributed by atoms with Crippen LogP contribution in [-0.4, -0.2) is 10.9 Å². The average molecular weight is 395 g/mol. The molecule has 3 nitrogen and oxygen atoms in total. The summed E-state index contributed by atoms with van der Waals surface area (Å²) in [5.74, 6) is -0.419. The maximum atomic E-state index is 13.2. The number of aromatic nitrogens is 1. The monoisotopic (exact) mass is 394 g/mol. The normalized spacial score (nSPS) is 14.5. The molecule has 1 aromatic heterocycles. The molecule has 0 fully saturated rings. The summed E-state index contributed by atoms with van der Waals surface area (Å²) in [6.45, 7) is -0.0911. The molecule has 0 unspecified atom stereocenters. The van der Waals surface area contributed by atoms with Crippen molar-refractivity contribution in [1.29, 1.82) is 0 Å². The van der Waals surface area contributed by atoms with Crippen molar-refractivity contribution >= 4 is 38.4 Å². The Labute approximate surface area is 143 Å². The fraction of sp³-hybridized carbons (Fsp3) is 0.118. The molecule has 1 amide bonds. The van der Waals surface area contributed by atoms with E-state index in [1.165, 1.54) is 17.0 Å². The lowest BCUT2D eigenvalue weighted by molar-refractivity contribution is -0.138. The Morgan fingerprint density at radius 3 is 2.71 bits per heavy atom. The minimum atomic E-state index is -4.48. The van der Waals surface area contributed by atoms with Crippen LogP contribution in [0.4, 0.5) is 18.9 Å². The van der Waals surface area contributed by atoms with Crippen LogP contribution in [0.3, 0.4) is 0 Å². The van der Waals surface area contributed by atoms with Crippen LogP contribution in [0.15, 0.2) is 47.1 Å². The maximum Gasteiger partial charge on any atom is 0.416 e. The number of alkyl halides is 3. The third-order valence-corrected chi connectivity index (χ3v) is 4.81. The number of anilines is 1. The van der Waals surface area contributed by atoms with E-state index in [1.807, 2.05) is 6.07 Å². The number of H-pyrrole nitrogens is 1. The standard InChI is InChI=1S/C17H10BrF3N2O/c18-14-7-10(6-9-4-5-22-15(9)14)23-8-12-11(16(23)24)2-1-3-13(12)17(19,20)21/h1-7,22H,8H2. The van der Waals surface area contributed by atoms with Crippen LogP contribution in [0.5, 0.6) is 0 Å². The number of halogens is 4. The Morgan fingerprint density at radius 2 is 1.96 bits per heavy atom. The fourth-order valence-electron chi connectivity index (χ4n) is 3.07. The largest absolute Gasteiger partial charge is 0.416 e. The van der Waals surface area contributed by atoms with Crippen molar-refractivity contribution in [2.75, 3.05) is 4.90 Å². The first-order valence-corrected chi connectivity index (χ1v) is 7.93. The Bertz CT molecular complexity index is 978. The molecule has 7 heteroatoms. The second-order valence-corrected chi connectivity index (χ2v) is 6.44. The Morgan fingerprint density at radius 1 is 1.17 bits per heavy atom. The van der Waals surface area contributed by atoms with Crippen molar-refractivity contribution in [3.8, 4) is 0 Å². The van der Waals surface area contributed by atoms with Gasteiger partial charge >= 0.3 is 6.18 Å². The molecule has 2 heterocycles. The van der Waals surface area contributed by atoms with E-state index in [1.54, 1.807) is 18.3 Å². The maximum absolute atomic E-state index is 13.2. The van der Waals surface area contributed by atoms with Gasteiger partial charge in [-0.1, -0.05) is 6.07 Å². The summed E-state index contributed by atoms with van der Waals surface area (Å²) in [5.41, 5.74) is 0.815. The lowest BCUT2D eigenvalue weighted by atomic mass is 10.0. The molecule has 3 aromatic rings. The van der Waals surface area contributed by atoms with Gasteiger partial charge in [-0.05, 0) is 51.8 Å². The Kier molecular flexibility index (Phi) is 3.25. The quantitative estimate of drug-likeness (QED) is 0.611. The predicted octanol–water partition coefficient (Wildman–Crippen LogP) is 5.11. The number of nitrogens with one attached hydrogen (secondary N) is 1. The van der Waals surface area contributed by atoms with E-state index in [0.717, 1.165) is 21.4 Å². The Hall–Kier alpha value is -2.28. The van der Waals surface area contributed by atoms with E-state index >= 15 is 0 Å². The van der Waals surface area contributed by atoms with E-state index in [4.69, 9.17) is 0 Å². The number of hydrogen-bond donors (Lipinski definition) is 1. The van der Waals surface area contributed by atoms with Crippen molar-refractivity contribution < 1.29 is 18.0 Å². The minimum Gasteiger partial charge on any atom is -0.360 e. The van der Waals surface area contributed by atoms with Crippen LogP contribution in [-0.2, 0) is 12.7 Å². The van der Waals surface area contributed by atoms with Crippen LogP contribution in [0.1, 0.15) is 21.5 Å². The van der Waals surface area contributed by atoms with Crippen molar-refractivity contribution in [3.63, 3.8) is 0 Å². The molecular formula is C17H10BrF3N2O.